The van der Waals surface area contributed by atoms with Gasteiger partial charge in [-0.25, -0.2) is 4.79 Å². The van der Waals surface area contributed by atoms with Gasteiger partial charge in [0.15, 0.2) is 0 Å². The Kier molecular flexibility index (Phi) is 3.08. The Morgan fingerprint density at radius 1 is 1.38 bits per heavy atom. The standard InChI is InChI=1S/C16H20N2O2S/c1-10-15(11-2-5-17(10)6-3-11)18-7-4-12-8-13(16(19)20)21-14(12)9-18/h4,7-8,10-11,15H,2-3,5-6,9H2,1H3,(H,19,20)/t10-,15-/m0/s1. The van der Waals surface area contributed by atoms with Crippen LogP contribution in [0.1, 0.15) is 39.9 Å². The van der Waals surface area contributed by atoms with Crippen molar-refractivity contribution in [2.24, 2.45) is 5.92 Å². The first-order valence-corrected chi connectivity index (χ1v) is 8.49. The Morgan fingerprint density at radius 2 is 2.14 bits per heavy atom. The van der Waals surface area contributed by atoms with Crippen LogP contribution in [0, 0.1) is 5.92 Å². The molecular weight excluding hydrogens is 284 g/mol. The smallest absolute Gasteiger partial charge is 0.345 e. The van der Waals surface area contributed by atoms with E-state index in [1.165, 1.54) is 42.1 Å². The molecular formula is C16H20N2O2S. The minimum atomic E-state index is -0.814. The number of carboxylic acid groups (broad SMARTS) is 1. The zero-order chi connectivity index (χ0) is 14.6. The van der Waals surface area contributed by atoms with Gasteiger partial charge in [0.05, 0.1) is 6.54 Å². The molecule has 4 nitrogen and oxygen atoms in total. The van der Waals surface area contributed by atoms with Gasteiger partial charge in [-0.05, 0) is 56.5 Å². The van der Waals surface area contributed by atoms with Gasteiger partial charge in [0.1, 0.15) is 4.88 Å². The Balaban J connectivity index is 1.59. The van der Waals surface area contributed by atoms with Crippen LogP contribution in [0.15, 0.2) is 12.3 Å². The predicted octanol–water partition coefficient (Wildman–Crippen LogP) is 2.72. The molecule has 4 aliphatic rings. The van der Waals surface area contributed by atoms with Gasteiger partial charge in [-0.15, -0.1) is 11.3 Å². The van der Waals surface area contributed by atoms with Gasteiger partial charge in [-0.1, -0.05) is 0 Å². The van der Waals surface area contributed by atoms with Crippen LogP contribution in [0.4, 0.5) is 0 Å². The average Bonchev–Trinajstić information content (AvgIpc) is 2.91. The number of carbonyl (C=O) groups is 1. The molecule has 112 valence electrons. The van der Waals surface area contributed by atoms with Crippen molar-refractivity contribution in [1.29, 1.82) is 0 Å². The third-order valence-electron chi connectivity index (χ3n) is 5.33. The molecule has 3 fully saturated rings. The highest BCUT2D eigenvalue weighted by atomic mass is 32.1. The van der Waals surface area contributed by atoms with Crippen molar-refractivity contribution in [3.63, 3.8) is 0 Å². The summed E-state index contributed by atoms with van der Waals surface area (Å²) in [5, 5.41) is 9.14. The van der Waals surface area contributed by atoms with Gasteiger partial charge in [-0.2, -0.15) is 0 Å². The molecule has 4 aliphatic heterocycles. The second-order valence-electron chi connectivity index (χ2n) is 6.39. The monoisotopic (exact) mass is 304 g/mol. The molecule has 1 aromatic rings. The van der Waals surface area contributed by atoms with E-state index in [4.69, 9.17) is 5.11 Å². The number of carboxylic acids is 1. The summed E-state index contributed by atoms with van der Waals surface area (Å²) >= 11 is 1.43. The molecule has 0 radical (unpaired) electrons. The van der Waals surface area contributed by atoms with Gasteiger partial charge >= 0.3 is 5.97 Å². The van der Waals surface area contributed by atoms with E-state index in [1.54, 1.807) is 6.07 Å². The summed E-state index contributed by atoms with van der Waals surface area (Å²) < 4.78 is 0. The molecule has 5 rings (SSSR count). The fourth-order valence-corrected chi connectivity index (χ4v) is 5.24. The maximum absolute atomic E-state index is 11.1. The van der Waals surface area contributed by atoms with Crippen LogP contribution >= 0.6 is 11.3 Å². The van der Waals surface area contributed by atoms with Crippen molar-refractivity contribution in [2.45, 2.75) is 38.4 Å². The van der Waals surface area contributed by atoms with Gasteiger partial charge in [0.25, 0.3) is 0 Å². The van der Waals surface area contributed by atoms with Crippen molar-refractivity contribution < 1.29 is 9.90 Å². The van der Waals surface area contributed by atoms with Crippen molar-refractivity contribution in [3.8, 4) is 0 Å². The Labute approximate surface area is 128 Å². The maximum atomic E-state index is 11.1. The summed E-state index contributed by atoms with van der Waals surface area (Å²) in [7, 11) is 0. The second-order valence-corrected chi connectivity index (χ2v) is 7.52. The molecule has 1 N–H and O–H groups in total. The van der Waals surface area contributed by atoms with Crippen LogP contribution < -0.4 is 0 Å². The molecule has 21 heavy (non-hydrogen) atoms. The quantitative estimate of drug-likeness (QED) is 0.912. The zero-order valence-corrected chi connectivity index (χ0v) is 13.0. The molecule has 2 atom stereocenters. The third kappa shape index (κ3) is 2.10. The molecule has 2 bridgehead atoms. The lowest BCUT2D eigenvalue weighted by molar-refractivity contribution is -0.0223. The number of aromatic carboxylic acids is 1. The molecule has 0 spiro atoms. The van der Waals surface area contributed by atoms with Crippen molar-refractivity contribution >= 4 is 23.4 Å². The van der Waals surface area contributed by atoms with Crippen LogP contribution in [0.2, 0.25) is 0 Å². The summed E-state index contributed by atoms with van der Waals surface area (Å²) in [4.78, 5) is 17.8. The minimum absolute atomic E-state index is 0.452. The number of fused-ring (bicyclic) bond motifs is 4. The molecule has 5 heterocycles. The first-order valence-electron chi connectivity index (χ1n) is 7.67. The van der Waals surface area contributed by atoms with Gasteiger partial charge in [0, 0.05) is 23.2 Å². The number of thiophene rings is 1. The fourth-order valence-electron chi connectivity index (χ4n) is 4.24. The topological polar surface area (TPSA) is 43.8 Å². The highest BCUT2D eigenvalue weighted by Gasteiger charge is 2.42. The summed E-state index contributed by atoms with van der Waals surface area (Å²) in [6.07, 6.45) is 6.88. The summed E-state index contributed by atoms with van der Waals surface area (Å²) in [5.41, 5.74) is 1.09. The number of rotatable bonds is 2. The van der Waals surface area contributed by atoms with Crippen molar-refractivity contribution in [3.05, 3.63) is 27.6 Å². The largest absolute Gasteiger partial charge is 0.477 e. The van der Waals surface area contributed by atoms with Gasteiger partial charge in [0.2, 0.25) is 0 Å². The normalized spacial score (nSPS) is 34.0. The van der Waals surface area contributed by atoms with Crippen LogP contribution in [-0.2, 0) is 6.54 Å². The number of nitrogens with zero attached hydrogens (tertiary/aromatic N) is 2. The van der Waals surface area contributed by atoms with E-state index >= 15 is 0 Å². The summed E-state index contributed by atoms with van der Waals surface area (Å²) in [5.74, 6) is -0.0272. The van der Waals surface area contributed by atoms with Crippen LogP contribution in [-0.4, -0.2) is 46.0 Å². The summed E-state index contributed by atoms with van der Waals surface area (Å²) in [6, 6.07) is 2.98. The summed E-state index contributed by atoms with van der Waals surface area (Å²) in [6.45, 7) is 5.69. The van der Waals surface area contributed by atoms with E-state index in [9.17, 15) is 4.79 Å². The van der Waals surface area contributed by atoms with E-state index in [-0.39, 0.29) is 0 Å². The molecule has 5 heteroatoms. The van der Waals surface area contributed by atoms with E-state index < -0.39 is 5.97 Å². The molecule has 0 aliphatic carbocycles. The first kappa shape index (κ1) is 13.3. The lowest BCUT2D eigenvalue weighted by atomic mass is 9.78. The lowest BCUT2D eigenvalue weighted by Crippen LogP contribution is -2.61. The molecule has 0 saturated carbocycles. The number of hydrogen-bond donors (Lipinski definition) is 1. The van der Waals surface area contributed by atoms with Crippen LogP contribution in [0.5, 0.6) is 0 Å². The Hall–Kier alpha value is -1.33. The van der Waals surface area contributed by atoms with Crippen molar-refractivity contribution in [2.75, 3.05) is 13.1 Å². The van der Waals surface area contributed by atoms with E-state index in [0.717, 1.165) is 18.0 Å². The third-order valence-corrected chi connectivity index (χ3v) is 6.46. The van der Waals surface area contributed by atoms with Gasteiger partial charge in [-0.3, -0.25) is 4.90 Å². The van der Waals surface area contributed by atoms with E-state index in [2.05, 4.69) is 29.0 Å². The predicted molar refractivity (Wildman–Crippen MR) is 83.4 cm³/mol. The minimum Gasteiger partial charge on any atom is -0.477 e. The second kappa shape index (κ2) is 4.85. The highest BCUT2D eigenvalue weighted by molar-refractivity contribution is 7.14. The SMILES string of the molecule is C[C@H]1[C@H](N2C=Cc3cc(C(=O)O)sc3C2)C2CCN1CC2. The number of hydrogen-bond acceptors (Lipinski definition) is 4. The van der Waals surface area contributed by atoms with Gasteiger partial charge < -0.3 is 10.0 Å². The molecule has 1 aromatic heterocycles. The zero-order valence-electron chi connectivity index (χ0n) is 12.2. The first-order chi connectivity index (χ1) is 10.1. The fraction of sp³-hybridized carbons (Fsp3) is 0.562. The van der Waals surface area contributed by atoms with Crippen LogP contribution in [0.3, 0.4) is 0 Å². The Bertz CT molecular complexity index is 599. The average molecular weight is 304 g/mol. The molecule has 3 saturated heterocycles. The van der Waals surface area contributed by atoms with Crippen LogP contribution in [0.25, 0.3) is 6.08 Å². The number of piperidine rings is 3. The van der Waals surface area contributed by atoms with Crippen molar-refractivity contribution in [1.82, 2.24) is 9.80 Å². The van der Waals surface area contributed by atoms with E-state index in [0.29, 0.717) is 17.0 Å². The Morgan fingerprint density at radius 3 is 2.81 bits per heavy atom. The molecule has 0 amide bonds. The van der Waals surface area contributed by atoms with E-state index in [1.807, 2.05) is 0 Å². The highest BCUT2D eigenvalue weighted by Crippen LogP contribution is 2.38. The lowest BCUT2D eigenvalue weighted by Gasteiger charge is -2.53. The maximum Gasteiger partial charge on any atom is 0.345 e. The molecule has 0 aromatic carbocycles. The molecule has 0 unspecified atom stereocenters.